The number of esters is 1. The van der Waals surface area contributed by atoms with Gasteiger partial charge in [-0.3, -0.25) is 9.59 Å². The third-order valence-electron chi connectivity index (χ3n) is 9.84. The van der Waals surface area contributed by atoms with E-state index in [1.54, 1.807) is 0 Å². The molecule has 0 saturated heterocycles. The number of aliphatic hydroxyl groups is 1. The number of carbonyl (C=O) groups is 2. The van der Waals surface area contributed by atoms with E-state index in [4.69, 9.17) is 4.74 Å². The maximum atomic E-state index is 13.5. The van der Waals surface area contributed by atoms with Crippen LogP contribution in [0, 0.1) is 40.4 Å². The average Bonchev–Trinajstić information content (AvgIpc) is 3.04. The highest BCUT2D eigenvalue weighted by atomic mass is 127. The van der Waals surface area contributed by atoms with Crippen molar-refractivity contribution in [2.24, 2.45) is 40.4 Å². The Balaban J connectivity index is 1.54. The SMILES string of the molecule is COC(=O)CCC(I)C1CCC2C3C(=O)C[C@@H]4C[C@](O)(I)CC[C@]4(C)C3CC[C@]12C. The number of fused-ring (bicyclic) bond motifs is 5. The van der Waals surface area contributed by atoms with Gasteiger partial charge < -0.3 is 9.84 Å². The highest BCUT2D eigenvalue weighted by Gasteiger charge is 2.63. The second-order valence-corrected chi connectivity index (χ2v) is 14.7. The summed E-state index contributed by atoms with van der Waals surface area (Å²) in [4.78, 5) is 25.2. The zero-order valence-electron chi connectivity index (χ0n) is 18.5. The summed E-state index contributed by atoms with van der Waals surface area (Å²) in [5.41, 5.74) is 0.407. The van der Waals surface area contributed by atoms with Crippen molar-refractivity contribution < 1.29 is 19.4 Å². The standard InChI is InChI=1S/C24H36I2O4/c1-22-10-11-24(26,29)13-14(22)12-19(27)21-16-5-4-15(18(25)6-7-20(28)30-3)23(16,2)9-8-17(21)22/h14-18,21,29H,4-13H2,1-3H3/t14-,15?,16?,17?,18?,21?,22+,23-,24+/m1/s1. The Morgan fingerprint density at radius 3 is 2.57 bits per heavy atom. The van der Waals surface area contributed by atoms with Gasteiger partial charge in [-0.15, -0.1) is 0 Å². The van der Waals surface area contributed by atoms with Gasteiger partial charge in [-0.25, -0.2) is 0 Å². The van der Waals surface area contributed by atoms with Crippen LogP contribution in [0.5, 0.6) is 0 Å². The van der Waals surface area contributed by atoms with Gasteiger partial charge in [0.05, 0.1) is 7.11 Å². The summed E-state index contributed by atoms with van der Waals surface area (Å²) in [5, 5.41) is 10.6. The Kier molecular flexibility index (Phi) is 6.64. The fourth-order valence-electron chi connectivity index (χ4n) is 8.07. The van der Waals surface area contributed by atoms with Crippen LogP contribution in [0.3, 0.4) is 0 Å². The lowest BCUT2D eigenvalue weighted by molar-refractivity contribution is -0.160. The smallest absolute Gasteiger partial charge is 0.305 e. The van der Waals surface area contributed by atoms with Gasteiger partial charge in [0, 0.05) is 22.7 Å². The molecule has 0 amide bonds. The third-order valence-corrected chi connectivity index (χ3v) is 12.3. The van der Waals surface area contributed by atoms with Gasteiger partial charge in [0.15, 0.2) is 0 Å². The first kappa shape index (κ1) is 23.7. The van der Waals surface area contributed by atoms with Crippen LogP contribution in [0.1, 0.15) is 78.1 Å². The summed E-state index contributed by atoms with van der Waals surface area (Å²) in [7, 11) is 1.46. The van der Waals surface area contributed by atoms with Crippen LogP contribution >= 0.6 is 45.2 Å². The molecule has 4 saturated carbocycles. The zero-order chi connectivity index (χ0) is 21.9. The number of methoxy groups -OCH3 is 1. The number of Topliss-reactive ketones (excluding diaryl/α,β-unsaturated/α-hetero) is 1. The van der Waals surface area contributed by atoms with Crippen molar-refractivity contribution in [1.82, 2.24) is 0 Å². The van der Waals surface area contributed by atoms with E-state index in [9.17, 15) is 14.7 Å². The summed E-state index contributed by atoms with van der Waals surface area (Å²) >= 11 is 4.76. The summed E-state index contributed by atoms with van der Waals surface area (Å²) in [6.07, 6.45) is 9.38. The van der Waals surface area contributed by atoms with Crippen LogP contribution in [-0.4, -0.2) is 31.5 Å². The average molecular weight is 642 g/mol. The van der Waals surface area contributed by atoms with Crippen molar-refractivity contribution in [2.45, 2.75) is 85.6 Å². The number of hydrogen-bond donors (Lipinski definition) is 1. The van der Waals surface area contributed by atoms with E-state index in [0.717, 1.165) is 38.5 Å². The third kappa shape index (κ3) is 3.90. The number of halogens is 2. The molecule has 4 rings (SSSR count). The summed E-state index contributed by atoms with van der Waals surface area (Å²) in [6, 6.07) is 0. The van der Waals surface area contributed by atoms with Gasteiger partial charge in [0.2, 0.25) is 0 Å². The second kappa shape index (κ2) is 8.41. The highest BCUT2D eigenvalue weighted by Crippen LogP contribution is 2.68. The molecule has 6 heteroatoms. The molecule has 5 unspecified atom stereocenters. The number of rotatable bonds is 4. The number of ether oxygens (including phenoxy) is 1. The van der Waals surface area contributed by atoms with Crippen molar-refractivity contribution in [3.8, 4) is 0 Å². The largest absolute Gasteiger partial charge is 0.469 e. The second-order valence-electron chi connectivity index (χ2n) is 11.1. The van der Waals surface area contributed by atoms with Gasteiger partial charge in [-0.1, -0.05) is 36.4 Å². The van der Waals surface area contributed by atoms with Crippen molar-refractivity contribution in [1.29, 1.82) is 0 Å². The summed E-state index contributed by atoms with van der Waals surface area (Å²) in [6.45, 7) is 4.88. The molecule has 0 aromatic rings. The van der Waals surface area contributed by atoms with Crippen LogP contribution < -0.4 is 0 Å². The molecular formula is C24H36I2O4. The van der Waals surface area contributed by atoms with Gasteiger partial charge in [-0.05, 0) is 108 Å². The molecule has 4 aliphatic rings. The molecule has 170 valence electrons. The quantitative estimate of drug-likeness (QED) is 0.243. The molecule has 0 aromatic heterocycles. The molecule has 4 nitrogen and oxygen atoms in total. The van der Waals surface area contributed by atoms with Crippen molar-refractivity contribution in [3.05, 3.63) is 0 Å². The number of ketones is 1. The van der Waals surface area contributed by atoms with E-state index in [1.165, 1.54) is 20.0 Å². The van der Waals surface area contributed by atoms with E-state index in [2.05, 4.69) is 59.0 Å². The molecule has 0 radical (unpaired) electrons. The van der Waals surface area contributed by atoms with E-state index < -0.39 is 3.61 Å². The van der Waals surface area contributed by atoms with Gasteiger partial charge in [0.1, 0.15) is 9.39 Å². The van der Waals surface area contributed by atoms with Crippen molar-refractivity contribution in [3.63, 3.8) is 0 Å². The molecule has 0 bridgehead atoms. The lowest BCUT2D eigenvalue weighted by atomic mass is 9.44. The zero-order valence-corrected chi connectivity index (χ0v) is 22.8. The molecule has 0 aromatic carbocycles. The topological polar surface area (TPSA) is 63.6 Å². The van der Waals surface area contributed by atoms with Crippen LogP contribution in [0.2, 0.25) is 0 Å². The Morgan fingerprint density at radius 2 is 1.87 bits per heavy atom. The molecular weight excluding hydrogens is 606 g/mol. The lowest BCUT2D eigenvalue weighted by Gasteiger charge is -2.61. The Morgan fingerprint density at radius 1 is 1.17 bits per heavy atom. The van der Waals surface area contributed by atoms with E-state index >= 15 is 0 Å². The molecule has 0 heterocycles. The Bertz CT molecular complexity index is 709. The van der Waals surface area contributed by atoms with Crippen LogP contribution in [0.4, 0.5) is 0 Å². The minimum Gasteiger partial charge on any atom is -0.469 e. The molecule has 4 aliphatic carbocycles. The fraction of sp³-hybridized carbons (Fsp3) is 0.917. The number of carbonyl (C=O) groups excluding carboxylic acids is 2. The minimum atomic E-state index is -0.634. The molecule has 1 N–H and O–H groups in total. The normalized spacial score (nSPS) is 49.0. The van der Waals surface area contributed by atoms with Gasteiger partial charge in [-0.2, -0.15) is 0 Å². The van der Waals surface area contributed by atoms with Gasteiger partial charge in [0.25, 0.3) is 0 Å². The van der Waals surface area contributed by atoms with Crippen LogP contribution in [-0.2, 0) is 14.3 Å². The monoisotopic (exact) mass is 642 g/mol. The fourth-order valence-corrected chi connectivity index (χ4v) is 10.4. The predicted molar refractivity (Wildman–Crippen MR) is 134 cm³/mol. The van der Waals surface area contributed by atoms with E-state index in [0.29, 0.717) is 46.2 Å². The molecule has 9 atom stereocenters. The predicted octanol–water partition coefficient (Wildman–Crippen LogP) is 5.70. The number of hydrogen-bond acceptors (Lipinski definition) is 4. The van der Waals surface area contributed by atoms with E-state index in [-0.39, 0.29) is 22.7 Å². The molecule has 4 fully saturated rings. The van der Waals surface area contributed by atoms with E-state index in [1.807, 2.05) is 0 Å². The molecule has 0 spiro atoms. The summed E-state index contributed by atoms with van der Waals surface area (Å²) < 4.78 is 4.67. The Labute approximate surface area is 208 Å². The van der Waals surface area contributed by atoms with Gasteiger partial charge >= 0.3 is 5.97 Å². The number of alkyl halides is 2. The lowest BCUT2D eigenvalue weighted by Crippen LogP contribution is -2.58. The molecule has 30 heavy (non-hydrogen) atoms. The van der Waals surface area contributed by atoms with Crippen molar-refractivity contribution in [2.75, 3.05) is 7.11 Å². The highest BCUT2D eigenvalue weighted by molar-refractivity contribution is 14.1. The first-order valence-electron chi connectivity index (χ1n) is 11.7. The Hall–Kier alpha value is 0.560. The first-order valence-corrected chi connectivity index (χ1v) is 14.0. The van der Waals surface area contributed by atoms with Crippen molar-refractivity contribution >= 4 is 56.9 Å². The maximum absolute atomic E-state index is 13.5. The first-order chi connectivity index (χ1) is 14.0. The van der Waals surface area contributed by atoms with Crippen LogP contribution in [0.15, 0.2) is 0 Å². The molecule has 0 aliphatic heterocycles. The minimum absolute atomic E-state index is 0.117. The van der Waals surface area contributed by atoms with Crippen LogP contribution in [0.25, 0.3) is 0 Å². The maximum Gasteiger partial charge on any atom is 0.305 e. The summed E-state index contributed by atoms with van der Waals surface area (Å²) in [5.74, 6) is 2.46.